The van der Waals surface area contributed by atoms with E-state index in [0.717, 1.165) is 33.4 Å². The molecule has 0 aromatic heterocycles. The zero-order chi connectivity index (χ0) is 25.4. The third-order valence-corrected chi connectivity index (χ3v) is 5.14. The highest BCUT2D eigenvalue weighted by molar-refractivity contribution is 9.10. The number of anilines is 2. The number of nitrogens with zero attached hydrogens (tertiary/aromatic N) is 1. The lowest BCUT2D eigenvalue weighted by molar-refractivity contribution is -0.136. The molecule has 0 saturated carbocycles. The van der Waals surface area contributed by atoms with Crippen LogP contribution in [0.4, 0.5) is 15.8 Å². The number of carbonyl (C=O) groups excluding carboxylic acids is 3. The molecular formula is C25H22BrFN4O4. The van der Waals surface area contributed by atoms with Crippen LogP contribution in [0.3, 0.4) is 0 Å². The predicted octanol–water partition coefficient (Wildman–Crippen LogP) is 4.31. The molecule has 0 atom stereocenters. The molecule has 3 N–H and O–H groups in total. The second-order valence-electron chi connectivity index (χ2n) is 7.48. The minimum atomic E-state index is -0.992. The number of hydrazone groups is 1. The molecule has 3 aromatic carbocycles. The largest absolute Gasteiger partial charge is 0.484 e. The molecule has 35 heavy (non-hydrogen) atoms. The van der Waals surface area contributed by atoms with Crippen molar-refractivity contribution in [2.75, 3.05) is 17.2 Å². The van der Waals surface area contributed by atoms with E-state index in [0.29, 0.717) is 11.3 Å². The van der Waals surface area contributed by atoms with Crippen molar-refractivity contribution in [1.29, 1.82) is 0 Å². The van der Waals surface area contributed by atoms with Crippen molar-refractivity contribution in [2.24, 2.45) is 5.10 Å². The van der Waals surface area contributed by atoms with Gasteiger partial charge in [0.25, 0.3) is 5.91 Å². The molecule has 0 fully saturated rings. The summed E-state index contributed by atoms with van der Waals surface area (Å²) >= 11 is 3.43. The highest BCUT2D eigenvalue weighted by Gasteiger charge is 2.13. The molecule has 3 amide bonds. The smallest absolute Gasteiger partial charge is 0.329 e. The van der Waals surface area contributed by atoms with E-state index < -0.39 is 17.6 Å². The van der Waals surface area contributed by atoms with Crippen molar-refractivity contribution in [2.45, 2.75) is 13.8 Å². The van der Waals surface area contributed by atoms with Gasteiger partial charge in [-0.1, -0.05) is 28.1 Å². The maximum Gasteiger partial charge on any atom is 0.329 e. The molecule has 3 rings (SSSR count). The minimum absolute atomic E-state index is 0.199. The number of rotatable bonds is 7. The second kappa shape index (κ2) is 11.9. The summed E-state index contributed by atoms with van der Waals surface area (Å²) in [5.41, 5.74) is 5.55. The van der Waals surface area contributed by atoms with E-state index in [4.69, 9.17) is 4.74 Å². The Morgan fingerprint density at radius 1 is 0.971 bits per heavy atom. The first-order valence-electron chi connectivity index (χ1n) is 10.4. The van der Waals surface area contributed by atoms with Gasteiger partial charge in [-0.25, -0.2) is 9.82 Å². The van der Waals surface area contributed by atoms with Gasteiger partial charge in [-0.15, -0.1) is 0 Å². The number of carbonyl (C=O) groups is 3. The first-order valence-corrected chi connectivity index (χ1v) is 11.2. The SMILES string of the molecule is Cc1cc(Br)cc(C)c1NC(=O)COc1cccc(/C=N\NC(=O)C(=O)Nc2ccc(F)cc2)c1. The maximum absolute atomic E-state index is 12.9. The maximum atomic E-state index is 12.9. The van der Waals surface area contributed by atoms with Gasteiger partial charge < -0.3 is 15.4 Å². The van der Waals surface area contributed by atoms with Crippen molar-refractivity contribution in [3.8, 4) is 5.75 Å². The Morgan fingerprint density at radius 3 is 2.34 bits per heavy atom. The number of amides is 3. The summed E-state index contributed by atoms with van der Waals surface area (Å²) in [5, 5.41) is 8.94. The molecule has 0 heterocycles. The molecule has 0 aliphatic carbocycles. The van der Waals surface area contributed by atoms with Gasteiger partial charge in [0, 0.05) is 15.8 Å². The average Bonchev–Trinajstić information content (AvgIpc) is 2.81. The van der Waals surface area contributed by atoms with Crippen LogP contribution in [-0.2, 0) is 14.4 Å². The first kappa shape index (κ1) is 25.6. The van der Waals surface area contributed by atoms with Crippen molar-refractivity contribution in [1.82, 2.24) is 5.43 Å². The molecule has 0 aliphatic heterocycles. The number of aryl methyl sites for hydroxylation is 2. The van der Waals surface area contributed by atoms with E-state index in [1.54, 1.807) is 24.3 Å². The Balaban J connectivity index is 1.50. The van der Waals surface area contributed by atoms with Crippen LogP contribution in [0.2, 0.25) is 0 Å². The van der Waals surface area contributed by atoms with Gasteiger partial charge in [0.2, 0.25) is 0 Å². The summed E-state index contributed by atoms with van der Waals surface area (Å²) in [6.07, 6.45) is 1.32. The number of ether oxygens (including phenoxy) is 1. The highest BCUT2D eigenvalue weighted by Crippen LogP contribution is 2.25. The lowest BCUT2D eigenvalue weighted by Crippen LogP contribution is -2.32. The monoisotopic (exact) mass is 540 g/mol. The zero-order valence-electron chi connectivity index (χ0n) is 18.9. The average molecular weight is 541 g/mol. The summed E-state index contributed by atoms with van der Waals surface area (Å²) in [5.74, 6) is -2.29. The quantitative estimate of drug-likeness (QED) is 0.235. The fourth-order valence-corrected chi connectivity index (χ4v) is 3.74. The van der Waals surface area contributed by atoms with Crippen molar-refractivity contribution >= 4 is 51.2 Å². The number of halogens is 2. The standard InChI is InChI=1S/C25H22BrFN4O4/c1-15-10-18(26)11-16(2)23(15)30-22(32)14-35-21-5-3-4-17(12-21)13-28-31-25(34)24(33)29-20-8-6-19(27)7-9-20/h3-13H,14H2,1-2H3,(H,29,33)(H,30,32)(H,31,34)/b28-13-. The second-order valence-corrected chi connectivity index (χ2v) is 8.40. The Kier molecular flexibility index (Phi) is 8.69. The molecule has 0 aliphatic rings. The zero-order valence-corrected chi connectivity index (χ0v) is 20.5. The minimum Gasteiger partial charge on any atom is -0.484 e. The Hall–Kier alpha value is -4.05. The van der Waals surface area contributed by atoms with Crippen molar-refractivity contribution in [3.05, 3.63) is 87.6 Å². The van der Waals surface area contributed by atoms with Crippen LogP contribution < -0.4 is 20.8 Å². The molecule has 0 saturated heterocycles. The van der Waals surface area contributed by atoms with Crippen LogP contribution in [0.5, 0.6) is 5.75 Å². The lowest BCUT2D eigenvalue weighted by atomic mass is 10.1. The van der Waals surface area contributed by atoms with Crippen LogP contribution >= 0.6 is 15.9 Å². The molecule has 10 heteroatoms. The molecule has 0 radical (unpaired) electrons. The van der Waals surface area contributed by atoms with Crippen LogP contribution in [0.1, 0.15) is 16.7 Å². The van der Waals surface area contributed by atoms with E-state index >= 15 is 0 Å². The fourth-order valence-electron chi connectivity index (χ4n) is 3.05. The van der Waals surface area contributed by atoms with Crippen LogP contribution in [0.25, 0.3) is 0 Å². The Labute approximate surface area is 209 Å². The van der Waals surface area contributed by atoms with Crippen LogP contribution in [-0.4, -0.2) is 30.5 Å². The molecular weight excluding hydrogens is 519 g/mol. The van der Waals surface area contributed by atoms with Crippen LogP contribution in [0.15, 0.2) is 70.2 Å². The van der Waals surface area contributed by atoms with E-state index in [9.17, 15) is 18.8 Å². The normalized spacial score (nSPS) is 10.6. The van der Waals surface area contributed by atoms with Gasteiger partial charge in [0.05, 0.1) is 6.21 Å². The molecule has 0 spiro atoms. The third-order valence-electron chi connectivity index (χ3n) is 4.68. The number of nitrogens with one attached hydrogen (secondary N) is 3. The summed E-state index contributed by atoms with van der Waals surface area (Å²) < 4.78 is 19.4. The van der Waals surface area contributed by atoms with Crippen LogP contribution in [0, 0.1) is 19.7 Å². The van der Waals surface area contributed by atoms with Gasteiger partial charge >= 0.3 is 11.8 Å². The lowest BCUT2D eigenvalue weighted by Gasteiger charge is -2.13. The fraction of sp³-hybridized carbons (Fsp3) is 0.120. The van der Waals surface area contributed by atoms with Gasteiger partial charge in [-0.05, 0) is 79.1 Å². The molecule has 3 aromatic rings. The summed E-state index contributed by atoms with van der Waals surface area (Å²) in [6, 6.07) is 15.5. The van der Waals surface area contributed by atoms with E-state index in [-0.39, 0.29) is 18.2 Å². The van der Waals surface area contributed by atoms with E-state index in [2.05, 4.69) is 37.1 Å². The Morgan fingerprint density at radius 2 is 1.66 bits per heavy atom. The van der Waals surface area contributed by atoms with Gasteiger partial charge in [0.15, 0.2) is 6.61 Å². The van der Waals surface area contributed by atoms with Crippen molar-refractivity contribution in [3.63, 3.8) is 0 Å². The van der Waals surface area contributed by atoms with Gasteiger partial charge in [-0.3, -0.25) is 14.4 Å². The molecule has 0 bridgehead atoms. The van der Waals surface area contributed by atoms with Crippen molar-refractivity contribution < 1.29 is 23.5 Å². The summed E-state index contributed by atoms with van der Waals surface area (Å²) in [4.78, 5) is 36.1. The number of hydrogen-bond acceptors (Lipinski definition) is 5. The van der Waals surface area contributed by atoms with Gasteiger partial charge in [0.1, 0.15) is 11.6 Å². The molecule has 8 nitrogen and oxygen atoms in total. The number of benzene rings is 3. The summed E-state index contributed by atoms with van der Waals surface area (Å²) in [7, 11) is 0. The van der Waals surface area contributed by atoms with Gasteiger partial charge in [-0.2, -0.15) is 5.10 Å². The van der Waals surface area contributed by atoms with E-state index in [1.807, 2.05) is 26.0 Å². The first-order chi connectivity index (χ1) is 16.7. The Bertz CT molecular complexity index is 1260. The topological polar surface area (TPSA) is 109 Å². The molecule has 180 valence electrons. The predicted molar refractivity (Wildman–Crippen MR) is 135 cm³/mol. The molecule has 0 unspecified atom stereocenters. The van der Waals surface area contributed by atoms with E-state index in [1.165, 1.54) is 18.3 Å². The third kappa shape index (κ3) is 7.75. The highest BCUT2D eigenvalue weighted by atomic mass is 79.9. The summed E-state index contributed by atoms with van der Waals surface area (Å²) in [6.45, 7) is 3.61. The number of hydrogen-bond donors (Lipinski definition) is 3.